The third kappa shape index (κ3) is 2.80. The van der Waals surface area contributed by atoms with Gasteiger partial charge in [0.2, 0.25) is 0 Å². The van der Waals surface area contributed by atoms with Gasteiger partial charge in [0.05, 0.1) is 5.69 Å². The zero-order valence-corrected chi connectivity index (χ0v) is 14.7. The summed E-state index contributed by atoms with van der Waals surface area (Å²) < 4.78 is 41.4. The first-order valence-corrected chi connectivity index (χ1v) is 8.47. The Kier molecular flexibility index (Phi) is 3.85. The lowest BCUT2D eigenvalue weighted by molar-refractivity contribution is -0.259. The van der Waals surface area contributed by atoms with Crippen LogP contribution in [0.3, 0.4) is 0 Å². The second-order valence-corrected chi connectivity index (χ2v) is 6.87. The normalized spacial score (nSPS) is 15.8. The van der Waals surface area contributed by atoms with E-state index in [2.05, 4.69) is 15.2 Å². The highest BCUT2D eigenvalue weighted by Gasteiger charge is 2.51. The summed E-state index contributed by atoms with van der Waals surface area (Å²) in [5.74, 6) is 1.70. The Morgan fingerprint density at radius 2 is 1.81 bits per heavy atom. The topological polar surface area (TPSA) is 63.8 Å². The second kappa shape index (κ2) is 5.88. The van der Waals surface area contributed by atoms with Crippen LogP contribution in [0.5, 0.6) is 0 Å². The Labute approximate surface area is 153 Å². The van der Waals surface area contributed by atoms with Crippen molar-refractivity contribution >= 4 is 0 Å². The fourth-order valence-corrected chi connectivity index (χ4v) is 3.34. The number of halogens is 3. The van der Waals surface area contributed by atoms with Gasteiger partial charge in [0.15, 0.2) is 5.60 Å². The number of hydrogen-bond donors (Lipinski definition) is 1. The van der Waals surface area contributed by atoms with Crippen molar-refractivity contribution in [2.45, 2.75) is 38.5 Å². The van der Waals surface area contributed by atoms with Gasteiger partial charge in [-0.05, 0) is 49.6 Å². The van der Waals surface area contributed by atoms with E-state index in [1.54, 1.807) is 0 Å². The fraction of sp³-hybridized carbons (Fsp3) is 0.316. The summed E-state index contributed by atoms with van der Waals surface area (Å²) in [4.78, 5) is 3.91. The maximum absolute atomic E-state index is 13.1. The van der Waals surface area contributed by atoms with Gasteiger partial charge in [-0.1, -0.05) is 6.07 Å². The summed E-state index contributed by atoms with van der Waals surface area (Å²) in [5, 5.41) is 18.2. The minimum absolute atomic E-state index is 0.290. The minimum Gasteiger partial charge on any atom is -0.376 e. The average Bonchev–Trinajstić information content (AvgIpc) is 3.02. The fourth-order valence-electron chi connectivity index (χ4n) is 3.34. The minimum atomic E-state index is -4.79. The highest BCUT2D eigenvalue weighted by Crippen LogP contribution is 2.39. The summed E-state index contributed by atoms with van der Waals surface area (Å²) in [6.07, 6.45) is -0.725. The molecular weight excluding hydrogens is 357 g/mol. The summed E-state index contributed by atoms with van der Waals surface area (Å²) in [5.41, 5.74) is 0.0620. The molecule has 3 heterocycles. The summed E-state index contributed by atoms with van der Waals surface area (Å²) in [6, 6.07) is 7.02. The van der Waals surface area contributed by atoms with E-state index in [9.17, 15) is 18.3 Å². The number of fused-ring (bicyclic) bond motifs is 3. The number of benzene rings is 1. The largest absolute Gasteiger partial charge is 0.421 e. The molecule has 1 aliphatic heterocycles. The van der Waals surface area contributed by atoms with Crippen molar-refractivity contribution in [1.82, 2.24) is 19.7 Å². The van der Waals surface area contributed by atoms with Crippen molar-refractivity contribution in [3.8, 4) is 16.8 Å². The SMILES string of the molecule is Cc1nnc2n1-c1ccc(-c3cncc(C(C)(O)C(F)(F)F)c3)cc1CC2. The Bertz CT molecular complexity index is 1020. The monoisotopic (exact) mass is 374 g/mol. The lowest BCUT2D eigenvalue weighted by atomic mass is 9.93. The average molecular weight is 374 g/mol. The van der Waals surface area contributed by atoms with Crippen molar-refractivity contribution < 1.29 is 18.3 Å². The van der Waals surface area contributed by atoms with E-state index in [1.165, 1.54) is 12.3 Å². The van der Waals surface area contributed by atoms with E-state index in [0.29, 0.717) is 5.56 Å². The zero-order chi connectivity index (χ0) is 19.4. The zero-order valence-electron chi connectivity index (χ0n) is 14.7. The van der Waals surface area contributed by atoms with Crippen LogP contribution in [0.15, 0.2) is 36.7 Å². The lowest BCUT2D eigenvalue weighted by Gasteiger charge is -2.26. The van der Waals surface area contributed by atoms with Gasteiger partial charge < -0.3 is 5.11 Å². The molecule has 4 rings (SSSR count). The molecular formula is C19H17F3N4O. The highest BCUT2D eigenvalue weighted by atomic mass is 19.4. The van der Waals surface area contributed by atoms with Gasteiger partial charge >= 0.3 is 6.18 Å². The van der Waals surface area contributed by atoms with Crippen LogP contribution in [0.25, 0.3) is 16.8 Å². The van der Waals surface area contributed by atoms with Crippen LogP contribution in [0.2, 0.25) is 0 Å². The molecule has 0 radical (unpaired) electrons. The Balaban J connectivity index is 1.76. The number of hydrogen-bond acceptors (Lipinski definition) is 4. The molecule has 1 aliphatic rings. The van der Waals surface area contributed by atoms with E-state index in [0.717, 1.165) is 54.4 Å². The first-order chi connectivity index (χ1) is 12.7. The van der Waals surface area contributed by atoms with Crippen LogP contribution in [0, 0.1) is 6.92 Å². The van der Waals surface area contributed by atoms with Gasteiger partial charge in [0.25, 0.3) is 0 Å². The summed E-state index contributed by atoms with van der Waals surface area (Å²) >= 11 is 0. The molecule has 3 aromatic rings. The standard InChI is InChI=1S/C19H17F3N4O/c1-11-24-25-17-6-4-13-7-12(3-5-16(13)26(11)17)14-8-15(10-23-9-14)18(2,27)19(20,21)22/h3,5,7-10,27H,4,6H2,1-2H3. The molecule has 0 bridgehead atoms. The van der Waals surface area contributed by atoms with Crippen LogP contribution in [-0.2, 0) is 18.4 Å². The molecule has 0 saturated heterocycles. The molecule has 0 aliphatic carbocycles. The third-order valence-electron chi connectivity index (χ3n) is 5.02. The quantitative estimate of drug-likeness (QED) is 0.746. The molecule has 140 valence electrons. The van der Waals surface area contributed by atoms with Crippen molar-refractivity contribution in [3.63, 3.8) is 0 Å². The predicted octanol–water partition coefficient (Wildman–Crippen LogP) is 3.51. The van der Waals surface area contributed by atoms with Crippen LogP contribution < -0.4 is 0 Å². The maximum Gasteiger partial charge on any atom is 0.421 e. The van der Waals surface area contributed by atoms with E-state index in [1.807, 2.05) is 29.7 Å². The number of nitrogens with zero attached hydrogens (tertiary/aromatic N) is 4. The molecule has 0 fully saturated rings. The molecule has 27 heavy (non-hydrogen) atoms. The smallest absolute Gasteiger partial charge is 0.376 e. The Morgan fingerprint density at radius 1 is 1.04 bits per heavy atom. The number of aromatic nitrogens is 4. The number of aliphatic hydroxyl groups is 1. The van der Waals surface area contributed by atoms with E-state index >= 15 is 0 Å². The van der Waals surface area contributed by atoms with E-state index < -0.39 is 11.8 Å². The van der Waals surface area contributed by atoms with Gasteiger partial charge in [0.1, 0.15) is 11.6 Å². The van der Waals surface area contributed by atoms with Crippen LogP contribution in [0.1, 0.15) is 29.7 Å². The molecule has 5 nitrogen and oxygen atoms in total. The lowest BCUT2D eigenvalue weighted by Crippen LogP contribution is -2.39. The van der Waals surface area contributed by atoms with Gasteiger partial charge in [-0.3, -0.25) is 9.55 Å². The molecule has 8 heteroatoms. The number of aryl methyl sites for hydroxylation is 3. The van der Waals surface area contributed by atoms with Crippen molar-refractivity contribution in [2.24, 2.45) is 0 Å². The van der Waals surface area contributed by atoms with Gasteiger partial charge in [-0.2, -0.15) is 13.2 Å². The second-order valence-electron chi connectivity index (χ2n) is 6.87. The summed E-state index contributed by atoms with van der Waals surface area (Å²) in [6.45, 7) is 2.61. The Hall–Kier alpha value is -2.74. The molecule has 1 aromatic carbocycles. The van der Waals surface area contributed by atoms with Gasteiger partial charge in [-0.15, -0.1) is 10.2 Å². The van der Waals surface area contributed by atoms with E-state index in [-0.39, 0.29) is 5.56 Å². The first kappa shape index (κ1) is 17.7. The molecule has 2 aromatic heterocycles. The Morgan fingerprint density at radius 3 is 2.56 bits per heavy atom. The highest BCUT2D eigenvalue weighted by molar-refractivity contribution is 5.67. The first-order valence-electron chi connectivity index (χ1n) is 8.47. The number of pyridine rings is 1. The van der Waals surface area contributed by atoms with Crippen molar-refractivity contribution in [2.75, 3.05) is 0 Å². The molecule has 0 amide bonds. The van der Waals surface area contributed by atoms with Gasteiger partial charge in [-0.25, -0.2) is 0 Å². The predicted molar refractivity (Wildman–Crippen MR) is 92.4 cm³/mol. The van der Waals surface area contributed by atoms with Gasteiger partial charge in [0, 0.05) is 29.9 Å². The number of alkyl halides is 3. The van der Waals surface area contributed by atoms with Crippen LogP contribution >= 0.6 is 0 Å². The molecule has 0 saturated carbocycles. The summed E-state index contributed by atoms with van der Waals surface area (Å²) in [7, 11) is 0. The van der Waals surface area contributed by atoms with Crippen LogP contribution in [-0.4, -0.2) is 31.0 Å². The number of rotatable bonds is 2. The molecule has 1 N–H and O–H groups in total. The molecule has 1 unspecified atom stereocenters. The van der Waals surface area contributed by atoms with Crippen molar-refractivity contribution in [1.29, 1.82) is 0 Å². The molecule has 0 spiro atoms. The molecule has 1 atom stereocenters. The van der Waals surface area contributed by atoms with E-state index in [4.69, 9.17) is 0 Å². The van der Waals surface area contributed by atoms with Crippen LogP contribution in [0.4, 0.5) is 13.2 Å². The third-order valence-corrected chi connectivity index (χ3v) is 5.02. The van der Waals surface area contributed by atoms with Crippen molar-refractivity contribution in [3.05, 3.63) is 59.4 Å². The maximum atomic E-state index is 13.1.